The molecule has 0 fully saturated rings. The maximum absolute atomic E-state index is 12.9. The van der Waals surface area contributed by atoms with Crippen LogP contribution in [0, 0.1) is 0 Å². The summed E-state index contributed by atoms with van der Waals surface area (Å²) < 4.78 is 11.3. The standard InChI is InChI=1S/C36H46O4/c1-4-6-8-10-11-13-17-29-20-22-30(23-21-29)31-24-26-32(27-25-31)35(37)40-34-19-15-14-18-33(34)36(38)39-28(3)16-12-9-7-5-2/h14-15,18-28H,4-13,16-17H2,1-3H3. The fourth-order valence-corrected chi connectivity index (χ4v) is 4.82. The third-order valence-electron chi connectivity index (χ3n) is 7.31. The molecule has 0 aliphatic heterocycles. The summed E-state index contributed by atoms with van der Waals surface area (Å²) in [6.45, 7) is 6.33. The molecule has 0 aliphatic rings. The molecule has 0 heterocycles. The molecule has 0 aliphatic carbocycles. The molecule has 4 nitrogen and oxygen atoms in total. The van der Waals surface area contributed by atoms with E-state index in [4.69, 9.17) is 9.47 Å². The maximum atomic E-state index is 12.9. The van der Waals surface area contributed by atoms with Crippen LogP contribution in [0.15, 0.2) is 72.8 Å². The van der Waals surface area contributed by atoms with Crippen molar-refractivity contribution >= 4 is 11.9 Å². The largest absolute Gasteiger partial charge is 0.459 e. The number of benzene rings is 3. The van der Waals surface area contributed by atoms with Gasteiger partial charge in [0.25, 0.3) is 0 Å². The van der Waals surface area contributed by atoms with E-state index >= 15 is 0 Å². The Balaban J connectivity index is 1.54. The van der Waals surface area contributed by atoms with E-state index in [1.807, 2.05) is 19.1 Å². The SMILES string of the molecule is CCCCCCCCc1ccc(-c2ccc(C(=O)Oc3ccccc3C(=O)OC(C)CCCCCC)cc2)cc1. The predicted octanol–water partition coefficient (Wildman–Crippen LogP) is 9.99. The lowest BCUT2D eigenvalue weighted by molar-refractivity contribution is 0.0315. The van der Waals surface area contributed by atoms with E-state index in [1.165, 1.54) is 56.9 Å². The van der Waals surface area contributed by atoms with E-state index in [-0.39, 0.29) is 17.4 Å². The van der Waals surface area contributed by atoms with Crippen molar-refractivity contribution in [1.82, 2.24) is 0 Å². The number of aryl methyl sites for hydroxylation is 1. The van der Waals surface area contributed by atoms with E-state index in [0.717, 1.165) is 36.8 Å². The minimum atomic E-state index is -0.506. The molecule has 0 saturated heterocycles. The maximum Gasteiger partial charge on any atom is 0.343 e. The second-order valence-corrected chi connectivity index (χ2v) is 10.7. The third-order valence-corrected chi connectivity index (χ3v) is 7.31. The third kappa shape index (κ3) is 10.3. The highest BCUT2D eigenvalue weighted by molar-refractivity contribution is 5.96. The van der Waals surface area contributed by atoms with Crippen molar-refractivity contribution in [2.24, 2.45) is 0 Å². The molecule has 0 radical (unpaired) electrons. The number of hydrogen-bond acceptors (Lipinski definition) is 4. The number of carbonyl (C=O) groups is 2. The minimum absolute atomic E-state index is 0.190. The highest BCUT2D eigenvalue weighted by Gasteiger charge is 2.19. The van der Waals surface area contributed by atoms with E-state index in [9.17, 15) is 9.59 Å². The van der Waals surface area contributed by atoms with Gasteiger partial charge in [-0.05, 0) is 73.6 Å². The average molecular weight is 543 g/mol. The van der Waals surface area contributed by atoms with Gasteiger partial charge < -0.3 is 9.47 Å². The lowest BCUT2D eigenvalue weighted by Gasteiger charge is -2.15. The van der Waals surface area contributed by atoms with Gasteiger partial charge in [-0.2, -0.15) is 0 Å². The molecule has 0 aromatic heterocycles. The van der Waals surface area contributed by atoms with E-state index < -0.39 is 11.9 Å². The molecule has 0 N–H and O–H groups in total. The molecule has 4 heteroatoms. The molecule has 0 saturated carbocycles. The van der Waals surface area contributed by atoms with Crippen LogP contribution in [-0.4, -0.2) is 18.0 Å². The number of rotatable bonds is 17. The van der Waals surface area contributed by atoms with Crippen molar-refractivity contribution < 1.29 is 19.1 Å². The Morgan fingerprint density at radius 1 is 0.650 bits per heavy atom. The second-order valence-electron chi connectivity index (χ2n) is 10.7. The van der Waals surface area contributed by atoms with Crippen LogP contribution in [-0.2, 0) is 11.2 Å². The zero-order valence-corrected chi connectivity index (χ0v) is 24.6. The Hall–Kier alpha value is -3.40. The Labute approximate surface area is 241 Å². The number of esters is 2. The van der Waals surface area contributed by atoms with E-state index in [1.54, 1.807) is 36.4 Å². The van der Waals surface area contributed by atoms with Crippen LogP contribution < -0.4 is 4.74 Å². The number of hydrogen-bond donors (Lipinski definition) is 0. The van der Waals surface area contributed by atoms with Crippen LogP contribution in [0.5, 0.6) is 5.75 Å². The molecule has 0 spiro atoms. The molecule has 214 valence electrons. The quantitative estimate of drug-likeness (QED) is 0.0967. The fraction of sp³-hybridized carbons (Fsp3) is 0.444. The molecule has 0 bridgehead atoms. The predicted molar refractivity (Wildman–Crippen MR) is 164 cm³/mol. The first-order chi connectivity index (χ1) is 19.5. The summed E-state index contributed by atoms with van der Waals surface area (Å²) in [6, 6.07) is 22.8. The first-order valence-corrected chi connectivity index (χ1v) is 15.2. The molecular formula is C36H46O4. The van der Waals surface area contributed by atoms with Crippen LogP contribution in [0.4, 0.5) is 0 Å². The summed E-state index contributed by atoms with van der Waals surface area (Å²) >= 11 is 0. The van der Waals surface area contributed by atoms with Gasteiger partial charge >= 0.3 is 11.9 Å². The number of carbonyl (C=O) groups excluding carboxylic acids is 2. The van der Waals surface area contributed by atoms with Gasteiger partial charge in [0.2, 0.25) is 0 Å². The summed E-state index contributed by atoms with van der Waals surface area (Å²) in [6.07, 6.45) is 14.1. The van der Waals surface area contributed by atoms with Gasteiger partial charge in [-0.15, -0.1) is 0 Å². The highest BCUT2D eigenvalue weighted by atomic mass is 16.6. The smallest absolute Gasteiger partial charge is 0.343 e. The van der Waals surface area contributed by atoms with Crippen LogP contribution in [0.3, 0.4) is 0 Å². The van der Waals surface area contributed by atoms with Gasteiger partial charge in [0.1, 0.15) is 11.3 Å². The van der Waals surface area contributed by atoms with Crippen LogP contribution in [0.2, 0.25) is 0 Å². The average Bonchev–Trinajstić information content (AvgIpc) is 2.98. The zero-order valence-electron chi connectivity index (χ0n) is 24.6. The van der Waals surface area contributed by atoms with Gasteiger partial charge in [-0.25, -0.2) is 9.59 Å². The second kappa shape index (κ2) is 17.3. The van der Waals surface area contributed by atoms with Gasteiger partial charge in [0, 0.05) is 0 Å². The first-order valence-electron chi connectivity index (χ1n) is 15.2. The van der Waals surface area contributed by atoms with Crippen LogP contribution >= 0.6 is 0 Å². The van der Waals surface area contributed by atoms with Crippen molar-refractivity contribution in [1.29, 1.82) is 0 Å². The van der Waals surface area contributed by atoms with Crippen LogP contribution in [0.1, 0.15) is 118 Å². The Morgan fingerprint density at radius 3 is 1.90 bits per heavy atom. The number of ether oxygens (including phenoxy) is 2. The topological polar surface area (TPSA) is 52.6 Å². The first kappa shape index (κ1) is 31.1. The normalized spacial score (nSPS) is 11.7. The number of para-hydroxylation sites is 1. The summed E-state index contributed by atoms with van der Waals surface area (Å²) in [4.78, 5) is 25.7. The summed E-state index contributed by atoms with van der Waals surface area (Å²) in [5.74, 6) is -0.768. The van der Waals surface area contributed by atoms with Crippen molar-refractivity contribution in [2.75, 3.05) is 0 Å². The molecular weight excluding hydrogens is 496 g/mol. The molecule has 1 atom stereocenters. The molecule has 40 heavy (non-hydrogen) atoms. The molecule has 3 aromatic rings. The molecule has 3 rings (SSSR count). The number of unbranched alkanes of at least 4 members (excludes halogenated alkanes) is 8. The summed E-state index contributed by atoms with van der Waals surface area (Å²) in [7, 11) is 0. The molecule has 1 unspecified atom stereocenters. The van der Waals surface area contributed by atoms with E-state index in [0.29, 0.717) is 5.56 Å². The molecule has 0 amide bonds. The Morgan fingerprint density at radius 2 is 1.23 bits per heavy atom. The Kier molecular flexibility index (Phi) is 13.5. The van der Waals surface area contributed by atoms with Crippen molar-refractivity contribution in [3.05, 3.63) is 89.5 Å². The van der Waals surface area contributed by atoms with Gasteiger partial charge in [0.05, 0.1) is 11.7 Å². The van der Waals surface area contributed by atoms with Crippen LogP contribution in [0.25, 0.3) is 11.1 Å². The lowest BCUT2D eigenvalue weighted by Crippen LogP contribution is -2.17. The minimum Gasteiger partial charge on any atom is -0.459 e. The van der Waals surface area contributed by atoms with Crippen molar-refractivity contribution in [3.63, 3.8) is 0 Å². The summed E-state index contributed by atoms with van der Waals surface area (Å²) in [5.41, 5.74) is 4.20. The van der Waals surface area contributed by atoms with E-state index in [2.05, 4.69) is 38.1 Å². The summed E-state index contributed by atoms with van der Waals surface area (Å²) in [5, 5.41) is 0. The van der Waals surface area contributed by atoms with Crippen molar-refractivity contribution in [3.8, 4) is 16.9 Å². The zero-order chi connectivity index (χ0) is 28.6. The van der Waals surface area contributed by atoms with Gasteiger partial charge in [-0.3, -0.25) is 0 Å². The van der Waals surface area contributed by atoms with Gasteiger partial charge in [-0.1, -0.05) is 114 Å². The lowest BCUT2D eigenvalue weighted by atomic mass is 10.00. The highest BCUT2D eigenvalue weighted by Crippen LogP contribution is 2.24. The Bertz CT molecular complexity index is 1160. The monoisotopic (exact) mass is 542 g/mol. The van der Waals surface area contributed by atoms with Gasteiger partial charge in [0.15, 0.2) is 0 Å². The molecule has 3 aromatic carbocycles. The fourth-order valence-electron chi connectivity index (χ4n) is 4.82. The van der Waals surface area contributed by atoms with Crippen molar-refractivity contribution in [2.45, 2.75) is 104 Å².